The van der Waals surface area contributed by atoms with E-state index >= 15 is 0 Å². The lowest BCUT2D eigenvalue weighted by molar-refractivity contribution is 0.101. The summed E-state index contributed by atoms with van der Waals surface area (Å²) in [5.74, 6) is -6.90. The summed E-state index contributed by atoms with van der Waals surface area (Å²) in [5.41, 5.74) is -1.50. The quantitative estimate of drug-likeness (QED) is 0.453. The number of ether oxygens (including phenoxy) is 1. The van der Waals surface area contributed by atoms with Gasteiger partial charge in [-0.05, 0) is 58.8 Å². The number of terminal acetylenes is 1. The molecular weight excluding hydrogens is 508 g/mol. The third-order valence-corrected chi connectivity index (χ3v) is 6.32. The van der Waals surface area contributed by atoms with E-state index in [2.05, 4.69) is 12.8 Å². The number of nitrogens with two attached hydrogens (primary N) is 1. The lowest BCUT2D eigenvalue weighted by atomic mass is 10.1. The van der Waals surface area contributed by atoms with Gasteiger partial charge in [0, 0.05) is 23.6 Å². The molecule has 0 aromatic heterocycles. The summed E-state index contributed by atoms with van der Waals surface area (Å²) in [4.78, 5) is 10.8. The summed E-state index contributed by atoms with van der Waals surface area (Å²) >= 11 is 0. The van der Waals surface area contributed by atoms with Crippen molar-refractivity contribution in [3.8, 4) is 12.8 Å². The van der Waals surface area contributed by atoms with Crippen molar-refractivity contribution >= 4 is 43.3 Å². The number of rotatable bonds is 4. The minimum Gasteiger partial charge on any atom is -0.380 e. The maximum Gasteiger partial charge on any atom is 0.261 e. The molecule has 0 spiro atoms. The first-order chi connectivity index (χ1) is 15.5. The zero-order valence-electron chi connectivity index (χ0n) is 16.9. The molecule has 3 N–H and O–H groups in total. The molecule has 1 unspecified atom stereocenters. The van der Waals surface area contributed by atoms with Gasteiger partial charge < -0.3 is 10.1 Å². The van der Waals surface area contributed by atoms with Crippen LogP contribution >= 0.6 is 21.7 Å². The van der Waals surface area contributed by atoms with Crippen LogP contribution in [0.2, 0.25) is 0 Å². The Morgan fingerprint density at radius 3 is 2.24 bits per heavy atom. The summed E-state index contributed by atoms with van der Waals surface area (Å²) in [6, 6.07) is 3.35. The van der Waals surface area contributed by atoms with Gasteiger partial charge in [0.15, 0.2) is 17.5 Å². The van der Waals surface area contributed by atoms with E-state index in [0.29, 0.717) is 29.5 Å². The average Bonchev–Trinajstić information content (AvgIpc) is 2.78. The molecule has 33 heavy (non-hydrogen) atoms. The summed E-state index contributed by atoms with van der Waals surface area (Å²) in [6.07, 6.45) is 10.4. The van der Waals surface area contributed by atoms with Crippen molar-refractivity contribution in [2.75, 3.05) is 18.5 Å². The van der Waals surface area contributed by atoms with Gasteiger partial charge >= 0.3 is 0 Å². The maximum absolute atomic E-state index is 14.0. The van der Waals surface area contributed by atoms with Crippen molar-refractivity contribution in [1.82, 2.24) is 0 Å². The summed E-state index contributed by atoms with van der Waals surface area (Å²) in [6.45, 7) is 1.77. The van der Waals surface area contributed by atoms with Gasteiger partial charge in [-0.15, -0.1) is 12.8 Å². The number of anilines is 1. The molecule has 0 bridgehead atoms. The number of carbonyl (C=O) groups excluding carboxylic acids is 1. The molecular formula is C20H19ClF4N2O4S2. The number of benzene rings is 2. The van der Waals surface area contributed by atoms with Gasteiger partial charge in [-0.25, -0.2) is 31.1 Å². The Labute approximate surface area is 197 Å². The Balaban J connectivity index is 0.000000454. The van der Waals surface area contributed by atoms with Crippen LogP contribution in [0.15, 0.2) is 35.2 Å². The van der Waals surface area contributed by atoms with E-state index in [0.717, 1.165) is 19.3 Å². The molecule has 1 aliphatic heterocycles. The van der Waals surface area contributed by atoms with Gasteiger partial charge in [-0.3, -0.25) is 4.79 Å². The van der Waals surface area contributed by atoms with Crippen LogP contribution in [0, 0.1) is 36.1 Å². The molecule has 0 saturated carbocycles. The van der Waals surface area contributed by atoms with Crippen LogP contribution in [0.5, 0.6) is 0 Å². The Morgan fingerprint density at radius 2 is 1.76 bits per heavy atom. The minimum atomic E-state index is -4.52. The maximum atomic E-state index is 14.0. The van der Waals surface area contributed by atoms with Crippen LogP contribution in [-0.2, 0) is 14.8 Å². The second kappa shape index (κ2) is 13.4. The highest BCUT2D eigenvalue weighted by Gasteiger charge is 2.25. The molecule has 1 saturated heterocycles. The highest BCUT2D eigenvalue weighted by molar-refractivity contribution is 8.21. The number of hydrogen-bond donors (Lipinski definition) is 2. The largest absolute Gasteiger partial charge is 0.380 e. The molecule has 1 aliphatic rings. The van der Waals surface area contributed by atoms with Crippen molar-refractivity contribution in [3.05, 3.63) is 59.2 Å². The molecule has 0 radical (unpaired) electrons. The van der Waals surface area contributed by atoms with Gasteiger partial charge in [0.25, 0.3) is 5.91 Å². The average molecular weight is 527 g/mol. The smallest absolute Gasteiger partial charge is 0.261 e. The van der Waals surface area contributed by atoms with E-state index in [1.807, 2.05) is 5.32 Å². The zero-order chi connectivity index (χ0) is 25.2. The Hall–Kier alpha value is -2.30. The van der Waals surface area contributed by atoms with E-state index in [9.17, 15) is 30.8 Å². The fraction of sp³-hybridized carbons (Fsp3) is 0.250. The number of halogens is 5. The molecule has 1 amide bonds. The van der Waals surface area contributed by atoms with E-state index in [1.165, 1.54) is 23.8 Å². The van der Waals surface area contributed by atoms with Crippen molar-refractivity contribution < 1.29 is 35.5 Å². The number of hydrogen-bond acceptors (Lipinski definition) is 5. The molecule has 2 aromatic rings. The lowest BCUT2D eigenvalue weighted by Crippen LogP contribution is -2.20. The van der Waals surface area contributed by atoms with Crippen LogP contribution in [0.3, 0.4) is 0 Å². The number of sulfonamides is 1. The molecule has 13 heteroatoms. The molecule has 0 aliphatic carbocycles. The van der Waals surface area contributed by atoms with Crippen molar-refractivity contribution in [1.29, 1.82) is 0 Å². The molecule has 1 atom stereocenters. The fourth-order valence-electron chi connectivity index (χ4n) is 2.51. The number of nitrogens with one attached hydrogen (secondary N) is 1. The van der Waals surface area contributed by atoms with Gasteiger partial charge in [0.05, 0.1) is 6.61 Å². The van der Waals surface area contributed by atoms with Crippen LogP contribution < -0.4 is 10.5 Å². The van der Waals surface area contributed by atoms with Gasteiger partial charge in [0.2, 0.25) is 10.0 Å². The molecule has 1 heterocycles. The normalized spacial score (nSPS) is 15.3. The summed E-state index contributed by atoms with van der Waals surface area (Å²) < 4.78 is 81.0. The summed E-state index contributed by atoms with van der Waals surface area (Å²) in [7, 11) is 2.39. The predicted octanol–water partition coefficient (Wildman–Crippen LogP) is 4.44. The number of carbonyl (C=O) groups is 1. The van der Waals surface area contributed by atoms with Crippen LogP contribution in [0.25, 0.3) is 0 Å². The van der Waals surface area contributed by atoms with Gasteiger partial charge in [0.1, 0.15) is 16.3 Å². The van der Waals surface area contributed by atoms with Crippen molar-refractivity contribution in [3.63, 3.8) is 0 Å². The van der Waals surface area contributed by atoms with Crippen molar-refractivity contribution in [2.24, 2.45) is 5.14 Å². The van der Waals surface area contributed by atoms with E-state index in [-0.39, 0.29) is 5.69 Å². The first-order valence-electron chi connectivity index (χ1n) is 9.00. The van der Waals surface area contributed by atoms with Crippen LogP contribution in [-0.4, -0.2) is 32.8 Å². The van der Waals surface area contributed by atoms with Crippen molar-refractivity contribution in [2.45, 2.75) is 23.0 Å². The topological polar surface area (TPSA) is 98.5 Å². The second-order valence-corrected chi connectivity index (χ2v) is 9.20. The van der Waals surface area contributed by atoms with E-state index in [1.54, 1.807) is 0 Å². The van der Waals surface area contributed by atoms with E-state index in [4.69, 9.17) is 20.6 Å². The Bertz CT molecular complexity index is 1090. The molecule has 6 nitrogen and oxygen atoms in total. The molecule has 2 aromatic carbocycles. The minimum absolute atomic E-state index is 0.284. The zero-order valence-corrected chi connectivity index (χ0v) is 19.3. The third kappa shape index (κ3) is 8.53. The number of amides is 1. The lowest BCUT2D eigenvalue weighted by Gasteiger charge is -2.17. The van der Waals surface area contributed by atoms with Gasteiger partial charge in [-0.1, -0.05) is 0 Å². The first kappa shape index (κ1) is 28.7. The van der Waals surface area contributed by atoms with E-state index < -0.39 is 49.7 Å². The predicted molar refractivity (Wildman–Crippen MR) is 119 cm³/mol. The highest BCUT2D eigenvalue weighted by Crippen LogP contribution is 2.23. The molecule has 1 fully saturated rings. The third-order valence-electron chi connectivity index (χ3n) is 4.01. The van der Waals surface area contributed by atoms with Crippen LogP contribution in [0.1, 0.15) is 23.2 Å². The SMILES string of the molecule is C#C.ClSC1CCCOC1.NS(=O)(=O)c1ccc(F)c(C(=O)Nc2ccc(F)c(F)c2)c1F. The monoisotopic (exact) mass is 526 g/mol. The Morgan fingerprint density at radius 1 is 1.12 bits per heavy atom. The highest BCUT2D eigenvalue weighted by atomic mass is 35.7. The fourth-order valence-corrected chi connectivity index (χ4v) is 3.94. The molecule has 3 rings (SSSR count). The van der Waals surface area contributed by atoms with Gasteiger partial charge in [-0.2, -0.15) is 0 Å². The summed E-state index contributed by atoms with van der Waals surface area (Å²) in [5, 5.41) is 7.22. The first-order valence-corrected chi connectivity index (χ1v) is 12.3. The second-order valence-electron chi connectivity index (χ2n) is 6.29. The standard InChI is InChI=1S/C13H8F4N2O3S.C5H9ClOS.C2H2/c14-7-2-1-6(5-9(7)16)19-13(20)11-8(15)3-4-10(12(11)17)23(18,21)22;6-8-5-2-1-3-7-4-5;1-2/h1-5H,(H,19,20)(H2,18,21,22);5H,1-4H2;1-2H. The molecule has 180 valence electrons. The Kier molecular flexibility index (Phi) is 11.7. The number of primary sulfonamides is 1. The van der Waals surface area contributed by atoms with Crippen LogP contribution in [0.4, 0.5) is 23.2 Å².